The molecule has 8 heteroatoms. The molecule has 0 fully saturated rings. The number of halogens is 3. The Labute approximate surface area is 199 Å². The molecule has 0 bridgehead atoms. The fraction of sp³-hybridized carbons (Fsp3) is 0.0435. The second kappa shape index (κ2) is 10.2. The van der Waals surface area contributed by atoms with Gasteiger partial charge in [0.2, 0.25) is 5.13 Å². The summed E-state index contributed by atoms with van der Waals surface area (Å²) in [7, 11) is 0. The van der Waals surface area contributed by atoms with Crippen LogP contribution in [-0.4, -0.2) is 11.2 Å². The standard InChI is InChI=1S/C23H16Cl3N3OS/c24-17-8-9-19(21(26)11-17)22-14-31-23(28-22)29-27-12-15-4-3-6-18(10-15)30-13-16-5-1-2-7-20(16)25/h1-12,14H,13H2,(H,28,29)/b27-12-. The van der Waals surface area contributed by atoms with Crippen molar-refractivity contribution >= 4 is 57.5 Å². The number of benzene rings is 3. The highest BCUT2D eigenvalue weighted by Crippen LogP contribution is 2.32. The molecule has 1 heterocycles. The molecule has 0 aliphatic rings. The van der Waals surface area contributed by atoms with E-state index in [4.69, 9.17) is 39.5 Å². The van der Waals surface area contributed by atoms with E-state index in [1.165, 1.54) is 11.3 Å². The normalized spacial score (nSPS) is 11.1. The minimum Gasteiger partial charge on any atom is -0.489 e. The Hall–Kier alpha value is -2.57. The first-order chi connectivity index (χ1) is 15.1. The Kier molecular flexibility index (Phi) is 7.10. The van der Waals surface area contributed by atoms with Gasteiger partial charge in [-0.25, -0.2) is 4.98 Å². The average Bonchev–Trinajstić information content (AvgIpc) is 3.22. The second-order valence-electron chi connectivity index (χ2n) is 6.48. The van der Waals surface area contributed by atoms with Crippen LogP contribution in [0.15, 0.2) is 77.2 Å². The molecule has 3 aromatic carbocycles. The number of anilines is 1. The number of hydrazone groups is 1. The quantitative estimate of drug-likeness (QED) is 0.213. The fourth-order valence-corrected chi connectivity index (χ4v) is 4.12. The number of ether oxygens (including phenoxy) is 1. The van der Waals surface area contributed by atoms with Gasteiger partial charge in [0.15, 0.2) is 0 Å². The van der Waals surface area contributed by atoms with Gasteiger partial charge >= 0.3 is 0 Å². The number of rotatable bonds is 7. The number of hydrogen-bond donors (Lipinski definition) is 1. The molecule has 4 rings (SSSR count). The van der Waals surface area contributed by atoms with Crippen molar-refractivity contribution in [3.05, 3.63) is 98.3 Å². The maximum Gasteiger partial charge on any atom is 0.203 e. The molecule has 0 amide bonds. The highest BCUT2D eigenvalue weighted by Gasteiger charge is 2.08. The lowest BCUT2D eigenvalue weighted by molar-refractivity contribution is 0.306. The van der Waals surface area contributed by atoms with Crippen molar-refractivity contribution in [1.82, 2.24) is 4.98 Å². The monoisotopic (exact) mass is 487 g/mol. The van der Waals surface area contributed by atoms with E-state index in [-0.39, 0.29) is 0 Å². The Bertz CT molecular complexity index is 1230. The molecule has 0 aliphatic heterocycles. The predicted octanol–water partition coefficient (Wildman–Crippen LogP) is 7.80. The summed E-state index contributed by atoms with van der Waals surface area (Å²) in [5.41, 5.74) is 6.36. The third-order valence-corrected chi connectivity index (χ3v) is 5.96. The summed E-state index contributed by atoms with van der Waals surface area (Å²) in [6.45, 7) is 0.396. The van der Waals surface area contributed by atoms with Gasteiger partial charge in [-0.05, 0) is 42.0 Å². The molecule has 0 atom stereocenters. The minimum atomic E-state index is 0.396. The maximum atomic E-state index is 6.26. The van der Waals surface area contributed by atoms with Crippen molar-refractivity contribution < 1.29 is 4.74 Å². The molecule has 0 unspecified atom stereocenters. The molecular weight excluding hydrogens is 473 g/mol. The molecule has 31 heavy (non-hydrogen) atoms. The van der Waals surface area contributed by atoms with E-state index in [1.54, 1.807) is 18.3 Å². The van der Waals surface area contributed by atoms with Crippen molar-refractivity contribution in [3.8, 4) is 17.0 Å². The summed E-state index contributed by atoms with van der Waals surface area (Å²) in [4.78, 5) is 4.52. The molecule has 156 valence electrons. The van der Waals surface area contributed by atoms with Crippen LogP contribution < -0.4 is 10.2 Å². The van der Waals surface area contributed by atoms with Crippen molar-refractivity contribution in [1.29, 1.82) is 0 Å². The van der Waals surface area contributed by atoms with Crippen LogP contribution in [0.3, 0.4) is 0 Å². The molecule has 4 nitrogen and oxygen atoms in total. The molecule has 0 saturated carbocycles. The van der Waals surface area contributed by atoms with Crippen LogP contribution in [0.4, 0.5) is 5.13 Å². The highest BCUT2D eigenvalue weighted by molar-refractivity contribution is 7.14. The first-order valence-corrected chi connectivity index (χ1v) is 11.3. The largest absolute Gasteiger partial charge is 0.489 e. The first kappa shape index (κ1) is 21.7. The van der Waals surface area contributed by atoms with Crippen LogP contribution >= 0.6 is 46.1 Å². The van der Waals surface area contributed by atoms with E-state index in [9.17, 15) is 0 Å². The molecular formula is C23H16Cl3N3OS. The zero-order valence-corrected chi connectivity index (χ0v) is 19.1. The van der Waals surface area contributed by atoms with Gasteiger partial charge in [-0.1, -0.05) is 65.1 Å². The number of nitrogens with zero attached hydrogens (tertiary/aromatic N) is 2. The number of thiazole rings is 1. The summed E-state index contributed by atoms with van der Waals surface area (Å²) in [6.07, 6.45) is 1.71. The van der Waals surface area contributed by atoms with Crippen LogP contribution in [0.1, 0.15) is 11.1 Å². The maximum absolute atomic E-state index is 6.26. The van der Waals surface area contributed by atoms with E-state index < -0.39 is 0 Å². The summed E-state index contributed by atoms with van der Waals surface area (Å²) >= 11 is 19.8. The number of hydrogen-bond acceptors (Lipinski definition) is 5. The predicted molar refractivity (Wildman–Crippen MR) is 131 cm³/mol. The smallest absolute Gasteiger partial charge is 0.203 e. The SMILES string of the molecule is Clc1ccc(-c2csc(N/N=C\c3cccc(OCc4ccccc4Cl)c3)n2)c(Cl)c1. The molecule has 0 aliphatic carbocycles. The van der Waals surface area contributed by atoms with Crippen LogP contribution in [0, 0.1) is 0 Å². The van der Waals surface area contributed by atoms with Crippen LogP contribution in [0.25, 0.3) is 11.3 Å². The molecule has 1 aromatic heterocycles. The lowest BCUT2D eigenvalue weighted by atomic mass is 10.2. The van der Waals surface area contributed by atoms with Gasteiger partial charge in [0.1, 0.15) is 12.4 Å². The van der Waals surface area contributed by atoms with E-state index in [0.717, 1.165) is 28.1 Å². The van der Waals surface area contributed by atoms with Gasteiger partial charge in [0, 0.05) is 26.6 Å². The Morgan fingerprint density at radius 3 is 2.68 bits per heavy atom. The average molecular weight is 489 g/mol. The van der Waals surface area contributed by atoms with Gasteiger partial charge in [0.25, 0.3) is 0 Å². The van der Waals surface area contributed by atoms with Gasteiger partial charge < -0.3 is 4.74 Å². The fourth-order valence-electron chi connectivity index (χ4n) is 2.77. The first-order valence-electron chi connectivity index (χ1n) is 9.25. The number of nitrogens with one attached hydrogen (secondary N) is 1. The Morgan fingerprint density at radius 1 is 0.968 bits per heavy atom. The zero-order chi connectivity index (χ0) is 21.6. The van der Waals surface area contributed by atoms with E-state index >= 15 is 0 Å². The van der Waals surface area contributed by atoms with Gasteiger partial charge in [0.05, 0.1) is 16.9 Å². The molecule has 1 N–H and O–H groups in total. The van der Waals surface area contributed by atoms with E-state index in [0.29, 0.717) is 26.8 Å². The van der Waals surface area contributed by atoms with Crippen molar-refractivity contribution in [2.45, 2.75) is 6.61 Å². The Balaban J connectivity index is 1.38. The minimum absolute atomic E-state index is 0.396. The number of aromatic nitrogens is 1. The zero-order valence-electron chi connectivity index (χ0n) is 16.1. The Morgan fingerprint density at radius 2 is 1.84 bits per heavy atom. The highest BCUT2D eigenvalue weighted by atomic mass is 35.5. The topological polar surface area (TPSA) is 46.5 Å². The van der Waals surface area contributed by atoms with Crippen molar-refractivity contribution in [3.63, 3.8) is 0 Å². The lowest BCUT2D eigenvalue weighted by Gasteiger charge is -2.08. The molecule has 0 saturated heterocycles. The second-order valence-corrected chi connectivity index (χ2v) is 8.59. The van der Waals surface area contributed by atoms with Gasteiger partial charge in [-0.3, -0.25) is 5.43 Å². The van der Waals surface area contributed by atoms with E-state index in [1.807, 2.05) is 60.0 Å². The van der Waals surface area contributed by atoms with E-state index in [2.05, 4.69) is 15.5 Å². The lowest BCUT2D eigenvalue weighted by Crippen LogP contribution is -1.97. The summed E-state index contributed by atoms with van der Waals surface area (Å²) < 4.78 is 5.85. The van der Waals surface area contributed by atoms with Crippen molar-refractivity contribution in [2.75, 3.05) is 5.43 Å². The summed E-state index contributed by atoms with van der Waals surface area (Å²) in [6, 6.07) is 20.6. The van der Waals surface area contributed by atoms with Crippen molar-refractivity contribution in [2.24, 2.45) is 5.10 Å². The van der Waals surface area contributed by atoms with Gasteiger partial charge in [-0.15, -0.1) is 11.3 Å². The molecule has 4 aromatic rings. The van der Waals surface area contributed by atoms with Crippen LogP contribution in [0.5, 0.6) is 5.75 Å². The van der Waals surface area contributed by atoms with Gasteiger partial charge in [-0.2, -0.15) is 5.10 Å². The molecule has 0 spiro atoms. The van der Waals surface area contributed by atoms with Crippen LogP contribution in [-0.2, 0) is 6.61 Å². The molecule has 0 radical (unpaired) electrons. The summed E-state index contributed by atoms with van der Waals surface area (Å²) in [5.74, 6) is 0.734. The van der Waals surface area contributed by atoms with Crippen LogP contribution in [0.2, 0.25) is 15.1 Å². The third kappa shape index (κ3) is 5.77. The third-order valence-electron chi connectivity index (χ3n) is 4.30. The summed E-state index contributed by atoms with van der Waals surface area (Å²) in [5, 5.41) is 8.67.